The van der Waals surface area contributed by atoms with Crippen molar-refractivity contribution in [1.82, 2.24) is 9.21 Å². The molecular formula is C24H30N2O6S. The minimum atomic E-state index is -3.54. The summed E-state index contributed by atoms with van der Waals surface area (Å²) in [5.41, 5.74) is 1.65. The van der Waals surface area contributed by atoms with Crippen LogP contribution in [0.2, 0.25) is 0 Å². The zero-order valence-electron chi connectivity index (χ0n) is 19.2. The van der Waals surface area contributed by atoms with E-state index < -0.39 is 10.0 Å². The molecule has 1 aliphatic rings. The molecule has 0 aromatic heterocycles. The Balaban J connectivity index is 1.61. The number of sulfonamides is 1. The summed E-state index contributed by atoms with van der Waals surface area (Å²) in [7, 11) is -0.240. The van der Waals surface area contributed by atoms with E-state index in [0.717, 1.165) is 11.1 Å². The first-order chi connectivity index (χ1) is 15.8. The molecule has 0 aliphatic carbocycles. The molecule has 178 valence electrons. The molecule has 8 nitrogen and oxygen atoms in total. The van der Waals surface area contributed by atoms with Gasteiger partial charge in [-0.2, -0.15) is 4.31 Å². The van der Waals surface area contributed by atoms with Gasteiger partial charge >= 0.3 is 0 Å². The fraction of sp³-hybridized carbons (Fsp3) is 0.375. The molecule has 0 bridgehead atoms. The minimum Gasteiger partial charge on any atom is -0.493 e. The van der Waals surface area contributed by atoms with Crippen LogP contribution in [0.1, 0.15) is 18.1 Å². The van der Waals surface area contributed by atoms with Crippen molar-refractivity contribution in [2.24, 2.45) is 0 Å². The molecule has 1 fully saturated rings. The highest BCUT2D eigenvalue weighted by Crippen LogP contribution is 2.28. The zero-order chi connectivity index (χ0) is 23.8. The molecule has 0 unspecified atom stereocenters. The fourth-order valence-electron chi connectivity index (χ4n) is 3.42. The lowest BCUT2D eigenvalue weighted by Gasteiger charge is -2.26. The molecule has 1 amide bonds. The fourth-order valence-corrected chi connectivity index (χ4v) is 4.83. The van der Waals surface area contributed by atoms with Crippen LogP contribution < -0.4 is 9.47 Å². The maximum absolute atomic E-state index is 12.7. The second-order valence-electron chi connectivity index (χ2n) is 7.53. The van der Waals surface area contributed by atoms with Crippen molar-refractivity contribution in [3.8, 4) is 11.5 Å². The van der Waals surface area contributed by atoms with Crippen molar-refractivity contribution in [2.75, 3.05) is 47.1 Å². The molecule has 1 saturated heterocycles. The molecule has 1 heterocycles. The van der Waals surface area contributed by atoms with Crippen molar-refractivity contribution >= 4 is 22.0 Å². The standard InChI is InChI=1S/C24H30N2O6S/c1-4-32-22-11-7-20(17-23(22)30-3)18-25(2)24(27)12-8-19-5-9-21(10-6-19)33(28,29)26-13-15-31-16-14-26/h5-12,17H,4,13-16,18H2,1-3H3. The van der Waals surface area contributed by atoms with Gasteiger partial charge in [-0.1, -0.05) is 18.2 Å². The van der Waals surface area contributed by atoms with E-state index in [1.54, 1.807) is 49.4 Å². The van der Waals surface area contributed by atoms with Gasteiger partial charge in [-0.05, 0) is 48.4 Å². The Morgan fingerprint density at radius 1 is 1.12 bits per heavy atom. The number of carbonyl (C=O) groups is 1. The summed E-state index contributed by atoms with van der Waals surface area (Å²) in [6.45, 7) is 4.36. The smallest absolute Gasteiger partial charge is 0.246 e. The third kappa shape index (κ3) is 6.34. The average molecular weight is 475 g/mol. The van der Waals surface area contributed by atoms with Gasteiger partial charge in [0.25, 0.3) is 0 Å². The molecule has 0 atom stereocenters. The number of rotatable bonds is 9. The average Bonchev–Trinajstić information content (AvgIpc) is 2.84. The Morgan fingerprint density at radius 3 is 2.45 bits per heavy atom. The topological polar surface area (TPSA) is 85.4 Å². The summed E-state index contributed by atoms with van der Waals surface area (Å²) < 4.78 is 42.9. The van der Waals surface area contributed by atoms with Gasteiger partial charge in [0.1, 0.15) is 0 Å². The van der Waals surface area contributed by atoms with Crippen molar-refractivity contribution < 1.29 is 27.4 Å². The Hall–Kier alpha value is -2.88. The molecule has 0 saturated carbocycles. The number of benzene rings is 2. The summed E-state index contributed by atoms with van der Waals surface area (Å²) in [5.74, 6) is 1.11. The second-order valence-corrected chi connectivity index (χ2v) is 9.47. The van der Waals surface area contributed by atoms with Gasteiger partial charge in [0.15, 0.2) is 11.5 Å². The zero-order valence-corrected chi connectivity index (χ0v) is 20.0. The van der Waals surface area contributed by atoms with E-state index in [1.165, 1.54) is 10.4 Å². The van der Waals surface area contributed by atoms with Gasteiger partial charge in [-0.25, -0.2) is 8.42 Å². The van der Waals surface area contributed by atoms with E-state index in [4.69, 9.17) is 14.2 Å². The number of nitrogens with zero attached hydrogens (tertiary/aromatic N) is 2. The Morgan fingerprint density at radius 2 is 1.82 bits per heavy atom. The lowest BCUT2D eigenvalue weighted by atomic mass is 10.2. The van der Waals surface area contributed by atoms with E-state index in [-0.39, 0.29) is 10.8 Å². The largest absolute Gasteiger partial charge is 0.493 e. The highest BCUT2D eigenvalue weighted by Gasteiger charge is 2.26. The molecule has 0 spiro atoms. The lowest BCUT2D eigenvalue weighted by molar-refractivity contribution is -0.125. The number of amides is 1. The van der Waals surface area contributed by atoms with Crippen LogP contribution in [-0.4, -0.2) is 70.6 Å². The molecule has 1 aliphatic heterocycles. The van der Waals surface area contributed by atoms with Crippen LogP contribution in [0.5, 0.6) is 11.5 Å². The summed E-state index contributed by atoms with van der Waals surface area (Å²) in [5, 5.41) is 0. The van der Waals surface area contributed by atoms with Crippen LogP contribution in [-0.2, 0) is 26.1 Å². The monoisotopic (exact) mass is 474 g/mol. The van der Waals surface area contributed by atoms with Crippen LogP contribution in [0.25, 0.3) is 6.08 Å². The van der Waals surface area contributed by atoms with E-state index in [0.29, 0.717) is 51.0 Å². The maximum Gasteiger partial charge on any atom is 0.246 e. The maximum atomic E-state index is 12.7. The minimum absolute atomic E-state index is 0.173. The molecule has 9 heteroatoms. The quantitative estimate of drug-likeness (QED) is 0.520. The van der Waals surface area contributed by atoms with Crippen LogP contribution in [0.3, 0.4) is 0 Å². The van der Waals surface area contributed by atoms with Gasteiger partial charge in [0.2, 0.25) is 15.9 Å². The third-order valence-corrected chi connectivity index (χ3v) is 7.14. The summed E-state index contributed by atoms with van der Waals surface area (Å²) in [4.78, 5) is 14.4. The van der Waals surface area contributed by atoms with Crippen LogP contribution in [0.15, 0.2) is 53.4 Å². The summed E-state index contributed by atoms with van der Waals surface area (Å²) >= 11 is 0. The van der Waals surface area contributed by atoms with Gasteiger partial charge < -0.3 is 19.1 Å². The first kappa shape index (κ1) is 24.8. The van der Waals surface area contributed by atoms with Crippen LogP contribution in [0, 0.1) is 0 Å². The molecule has 0 N–H and O–H groups in total. The second kappa shape index (κ2) is 11.3. The van der Waals surface area contributed by atoms with Gasteiger partial charge in [0.05, 0.1) is 31.8 Å². The predicted octanol–water partition coefficient (Wildman–Crippen LogP) is 2.79. The molecule has 2 aromatic rings. The molecule has 2 aromatic carbocycles. The number of hydrogen-bond acceptors (Lipinski definition) is 6. The van der Waals surface area contributed by atoms with Crippen LogP contribution >= 0.6 is 0 Å². The Bertz CT molecular complexity index is 1080. The van der Waals surface area contributed by atoms with E-state index in [1.807, 2.05) is 25.1 Å². The number of morpholine rings is 1. The Kier molecular flexibility index (Phi) is 8.49. The first-order valence-electron chi connectivity index (χ1n) is 10.8. The lowest BCUT2D eigenvalue weighted by Crippen LogP contribution is -2.40. The number of carbonyl (C=O) groups excluding carboxylic acids is 1. The van der Waals surface area contributed by atoms with Crippen molar-refractivity contribution in [1.29, 1.82) is 0 Å². The van der Waals surface area contributed by atoms with E-state index >= 15 is 0 Å². The van der Waals surface area contributed by atoms with Gasteiger partial charge in [0, 0.05) is 32.8 Å². The summed E-state index contributed by atoms with van der Waals surface area (Å²) in [6.07, 6.45) is 3.14. The highest BCUT2D eigenvalue weighted by atomic mass is 32.2. The SMILES string of the molecule is CCOc1ccc(CN(C)C(=O)C=Cc2ccc(S(=O)(=O)N3CCOCC3)cc2)cc1OC. The van der Waals surface area contributed by atoms with Crippen molar-refractivity contribution in [3.05, 3.63) is 59.7 Å². The third-order valence-electron chi connectivity index (χ3n) is 5.23. The van der Waals surface area contributed by atoms with E-state index in [9.17, 15) is 13.2 Å². The predicted molar refractivity (Wildman–Crippen MR) is 126 cm³/mol. The Labute approximate surface area is 195 Å². The highest BCUT2D eigenvalue weighted by molar-refractivity contribution is 7.89. The number of likely N-dealkylation sites (N-methyl/N-ethyl adjacent to an activating group) is 1. The van der Waals surface area contributed by atoms with Gasteiger partial charge in [-0.3, -0.25) is 4.79 Å². The number of hydrogen-bond donors (Lipinski definition) is 0. The first-order valence-corrected chi connectivity index (χ1v) is 12.2. The number of methoxy groups -OCH3 is 1. The van der Waals surface area contributed by atoms with Crippen molar-refractivity contribution in [2.45, 2.75) is 18.4 Å². The molecule has 3 rings (SSSR count). The van der Waals surface area contributed by atoms with Crippen molar-refractivity contribution in [3.63, 3.8) is 0 Å². The molecular weight excluding hydrogens is 444 g/mol. The van der Waals surface area contributed by atoms with E-state index in [2.05, 4.69) is 0 Å². The van der Waals surface area contributed by atoms with Gasteiger partial charge in [-0.15, -0.1) is 0 Å². The molecule has 0 radical (unpaired) electrons. The summed E-state index contributed by atoms with van der Waals surface area (Å²) in [6, 6.07) is 12.1. The normalized spacial score (nSPS) is 14.9. The number of ether oxygens (including phenoxy) is 3. The molecule has 33 heavy (non-hydrogen) atoms. The van der Waals surface area contributed by atoms with Crippen LogP contribution in [0.4, 0.5) is 0 Å².